The second-order valence-electron chi connectivity index (χ2n) is 5.58. The Bertz CT molecular complexity index is 1080. The van der Waals surface area contributed by atoms with Crippen molar-refractivity contribution in [3.63, 3.8) is 0 Å². The molecular weight excluding hydrogens is 413 g/mol. The molecule has 1 aliphatic rings. The van der Waals surface area contributed by atoms with Crippen LogP contribution in [0, 0.1) is 11.3 Å². The lowest BCUT2D eigenvalue weighted by molar-refractivity contribution is -0.122. The molecule has 140 valence electrons. The summed E-state index contributed by atoms with van der Waals surface area (Å²) in [4.78, 5) is 11.3. The molecule has 1 saturated heterocycles. The molecule has 1 aliphatic heterocycles. The van der Waals surface area contributed by atoms with Gasteiger partial charge in [0.25, 0.3) is 0 Å². The van der Waals surface area contributed by atoms with Gasteiger partial charge in [-0.05, 0) is 36.4 Å². The third-order valence-electron chi connectivity index (χ3n) is 3.70. The number of nitrogens with zero attached hydrogens (tertiary/aromatic N) is 2. The Morgan fingerprint density at radius 1 is 1.26 bits per heavy atom. The van der Waals surface area contributed by atoms with E-state index in [4.69, 9.17) is 34.6 Å². The highest BCUT2D eigenvalue weighted by atomic mass is 35.5. The van der Waals surface area contributed by atoms with E-state index < -0.39 is 15.9 Å². The summed E-state index contributed by atoms with van der Waals surface area (Å²) in [6.07, 6.45) is 0. The predicted molar refractivity (Wildman–Crippen MR) is 99.5 cm³/mol. The average Bonchev–Trinajstić information content (AvgIpc) is 2.66. The van der Waals surface area contributed by atoms with Gasteiger partial charge in [-0.25, -0.2) is 8.42 Å². The highest BCUT2D eigenvalue weighted by Crippen LogP contribution is 2.34. The SMILES string of the molecule is [2H]c1c(Cl)cc(Oc2ccc(C#N)cc2S(=O)(=O)N2CCNC(=O)C2)cc1Cl. The number of carbonyl (C=O) groups is 1. The van der Waals surface area contributed by atoms with Crippen LogP contribution in [0.2, 0.25) is 10.0 Å². The maximum atomic E-state index is 13.1. The van der Waals surface area contributed by atoms with Crippen molar-refractivity contribution in [1.29, 1.82) is 5.26 Å². The number of piperazine rings is 1. The van der Waals surface area contributed by atoms with Crippen LogP contribution in [0.4, 0.5) is 0 Å². The first-order valence-electron chi connectivity index (χ1n) is 8.17. The van der Waals surface area contributed by atoms with Gasteiger partial charge in [0.15, 0.2) is 0 Å². The number of amides is 1. The molecule has 27 heavy (non-hydrogen) atoms. The summed E-state index contributed by atoms with van der Waals surface area (Å²) in [5.41, 5.74) is 0.116. The molecule has 2 aromatic rings. The van der Waals surface area contributed by atoms with Gasteiger partial charge in [-0.2, -0.15) is 9.57 Å². The van der Waals surface area contributed by atoms with E-state index in [9.17, 15) is 13.2 Å². The summed E-state index contributed by atoms with van der Waals surface area (Å²) in [6.45, 7) is -0.0540. The lowest BCUT2D eigenvalue weighted by atomic mass is 10.2. The highest BCUT2D eigenvalue weighted by molar-refractivity contribution is 7.89. The number of hydrogen-bond acceptors (Lipinski definition) is 5. The zero-order chi connectivity index (χ0) is 20.5. The van der Waals surface area contributed by atoms with Crippen molar-refractivity contribution in [3.8, 4) is 17.6 Å². The zero-order valence-electron chi connectivity index (χ0n) is 14.7. The summed E-state index contributed by atoms with van der Waals surface area (Å²) in [7, 11) is -4.11. The number of nitriles is 1. The minimum atomic E-state index is -4.11. The fourth-order valence-electron chi connectivity index (χ4n) is 2.49. The number of ether oxygens (including phenoxy) is 1. The Morgan fingerprint density at radius 2 is 1.96 bits per heavy atom. The van der Waals surface area contributed by atoms with Crippen LogP contribution in [0.3, 0.4) is 0 Å². The van der Waals surface area contributed by atoms with Crippen molar-refractivity contribution in [2.45, 2.75) is 4.90 Å². The largest absolute Gasteiger partial charge is 0.456 e. The minimum absolute atomic E-state index is 0.0354. The van der Waals surface area contributed by atoms with Gasteiger partial charge in [-0.15, -0.1) is 0 Å². The zero-order valence-corrected chi connectivity index (χ0v) is 16.0. The maximum absolute atomic E-state index is 13.1. The standard InChI is InChI=1S/C17H13Cl2N3O4S/c18-12-6-13(19)8-14(7-12)26-15-2-1-11(9-20)5-16(15)27(24,25)22-4-3-21-17(23)10-22/h1-2,5-8H,3-4,10H2,(H,21,23)/i6D. The molecule has 0 aliphatic carbocycles. The fourth-order valence-corrected chi connectivity index (χ4v) is 4.49. The molecule has 0 atom stereocenters. The number of rotatable bonds is 4. The van der Waals surface area contributed by atoms with E-state index in [-0.39, 0.29) is 57.7 Å². The van der Waals surface area contributed by atoms with Crippen molar-refractivity contribution < 1.29 is 19.3 Å². The van der Waals surface area contributed by atoms with E-state index in [0.717, 1.165) is 4.31 Å². The van der Waals surface area contributed by atoms with Gasteiger partial charge in [0.05, 0.1) is 19.5 Å². The van der Waals surface area contributed by atoms with Crippen LogP contribution in [0.5, 0.6) is 11.5 Å². The van der Waals surface area contributed by atoms with Gasteiger partial charge < -0.3 is 10.1 Å². The van der Waals surface area contributed by atoms with Crippen LogP contribution >= 0.6 is 23.2 Å². The quantitative estimate of drug-likeness (QED) is 0.809. The lowest BCUT2D eigenvalue weighted by Crippen LogP contribution is -2.49. The van der Waals surface area contributed by atoms with Crippen LogP contribution in [-0.4, -0.2) is 38.3 Å². The number of nitrogens with one attached hydrogen (secondary N) is 1. The molecule has 0 saturated carbocycles. The van der Waals surface area contributed by atoms with E-state index in [1.807, 2.05) is 6.07 Å². The molecule has 0 unspecified atom stereocenters. The second-order valence-corrected chi connectivity index (χ2v) is 8.30. The van der Waals surface area contributed by atoms with E-state index in [1.54, 1.807) is 0 Å². The van der Waals surface area contributed by atoms with E-state index in [2.05, 4.69) is 5.32 Å². The number of hydrogen-bond donors (Lipinski definition) is 1. The Morgan fingerprint density at radius 3 is 2.59 bits per heavy atom. The molecule has 1 N–H and O–H groups in total. The summed E-state index contributed by atoms with van der Waals surface area (Å²) in [6, 6.07) is 8.39. The van der Waals surface area contributed by atoms with Gasteiger partial charge in [0, 0.05) is 23.1 Å². The average molecular weight is 427 g/mol. The molecule has 0 radical (unpaired) electrons. The van der Waals surface area contributed by atoms with Crippen molar-refractivity contribution in [3.05, 3.63) is 52.0 Å². The summed E-state index contributed by atoms with van der Waals surface area (Å²) >= 11 is 11.9. The lowest BCUT2D eigenvalue weighted by Gasteiger charge is -2.26. The van der Waals surface area contributed by atoms with Gasteiger partial charge in [-0.3, -0.25) is 4.79 Å². The molecule has 0 bridgehead atoms. The monoisotopic (exact) mass is 426 g/mol. The summed E-state index contributed by atoms with van der Waals surface area (Å²) in [5.74, 6) is -0.350. The van der Waals surface area contributed by atoms with Gasteiger partial charge in [-0.1, -0.05) is 23.2 Å². The Balaban J connectivity index is 2.06. The maximum Gasteiger partial charge on any atom is 0.247 e. The molecule has 10 heteroatoms. The third kappa shape index (κ3) is 4.34. The summed E-state index contributed by atoms with van der Waals surface area (Å²) in [5, 5.41) is 11.8. The molecule has 7 nitrogen and oxygen atoms in total. The summed E-state index contributed by atoms with van der Waals surface area (Å²) < 4.78 is 40.5. The molecule has 1 heterocycles. The number of sulfonamides is 1. The van der Waals surface area contributed by atoms with Crippen molar-refractivity contribution in [2.75, 3.05) is 19.6 Å². The second kappa shape index (κ2) is 7.74. The molecule has 1 amide bonds. The first-order chi connectivity index (χ1) is 13.2. The molecule has 0 aromatic heterocycles. The number of halogens is 2. The molecule has 2 aromatic carbocycles. The van der Waals surface area contributed by atoms with E-state index >= 15 is 0 Å². The Hall–Kier alpha value is -2.31. The minimum Gasteiger partial charge on any atom is -0.456 e. The van der Waals surface area contributed by atoms with Gasteiger partial charge >= 0.3 is 0 Å². The smallest absolute Gasteiger partial charge is 0.247 e. The third-order valence-corrected chi connectivity index (χ3v) is 5.97. The van der Waals surface area contributed by atoms with Crippen LogP contribution in [0.25, 0.3) is 0 Å². The van der Waals surface area contributed by atoms with Crippen LogP contribution in [-0.2, 0) is 14.8 Å². The van der Waals surface area contributed by atoms with Gasteiger partial charge in [0.1, 0.15) is 16.4 Å². The molecular formula is C17H13Cl2N3O4S. The number of carbonyl (C=O) groups excluding carboxylic acids is 1. The first-order valence-corrected chi connectivity index (χ1v) is 9.86. The topological polar surface area (TPSA) is 99.5 Å². The fraction of sp³-hybridized carbons (Fsp3) is 0.176. The van der Waals surface area contributed by atoms with Crippen molar-refractivity contribution >= 4 is 39.1 Å². The van der Waals surface area contributed by atoms with E-state index in [0.29, 0.717) is 0 Å². The highest BCUT2D eigenvalue weighted by Gasteiger charge is 2.32. The van der Waals surface area contributed by atoms with Gasteiger partial charge in [0.2, 0.25) is 15.9 Å². The molecule has 1 fully saturated rings. The number of benzene rings is 2. The predicted octanol–water partition coefficient (Wildman–Crippen LogP) is 2.78. The van der Waals surface area contributed by atoms with Crippen molar-refractivity contribution in [1.82, 2.24) is 9.62 Å². The Kier molecular flexibility index (Phi) is 5.18. The van der Waals surface area contributed by atoms with Crippen molar-refractivity contribution in [2.24, 2.45) is 0 Å². The van der Waals surface area contributed by atoms with Crippen LogP contribution < -0.4 is 10.1 Å². The normalized spacial score (nSPS) is 15.6. The van der Waals surface area contributed by atoms with Crippen LogP contribution in [0.15, 0.2) is 41.3 Å². The van der Waals surface area contributed by atoms with E-state index in [1.165, 1.54) is 30.3 Å². The molecule has 0 spiro atoms. The molecule has 3 rings (SSSR count). The van der Waals surface area contributed by atoms with Crippen LogP contribution in [0.1, 0.15) is 6.93 Å². The Labute approximate surface area is 167 Å². The first kappa shape index (κ1) is 18.1.